The first-order chi connectivity index (χ1) is 9.20. The van der Waals surface area contributed by atoms with Crippen LogP contribution in [0.1, 0.15) is 25.3 Å². The van der Waals surface area contributed by atoms with Crippen LogP contribution in [0.15, 0.2) is 30.3 Å². The highest BCUT2D eigenvalue weighted by molar-refractivity contribution is 5.89. The Morgan fingerprint density at radius 3 is 2.79 bits per heavy atom. The van der Waals surface area contributed by atoms with Crippen LogP contribution in [0.3, 0.4) is 0 Å². The van der Waals surface area contributed by atoms with E-state index in [2.05, 4.69) is 5.32 Å². The number of carbonyl (C=O) groups excluding carboxylic acids is 2. The van der Waals surface area contributed by atoms with Crippen molar-refractivity contribution in [2.75, 3.05) is 13.1 Å². The molecule has 4 heteroatoms. The average Bonchev–Trinajstić information content (AvgIpc) is 2.79. The number of nitrogens with zero attached hydrogens (tertiary/aromatic N) is 1. The molecule has 2 amide bonds. The highest BCUT2D eigenvalue weighted by Crippen LogP contribution is 2.20. The van der Waals surface area contributed by atoms with Crippen molar-refractivity contribution in [3.63, 3.8) is 0 Å². The zero-order valence-electron chi connectivity index (χ0n) is 11.3. The zero-order chi connectivity index (χ0) is 13.7. The molecule has 1 aliphatic rings. The number of rotatable bonds is 5. The first kappa shape index (κ1) is 13.6. The molecule has 1 aliphatic heterocycles. The Bertz CT molecular complexity index is 445. The standard InChI is InChI=1S/C15H20N2O2/c1-2-8-16-15(19)13-9-14(18)17(11-13)10-12-6-4-3-5-7-12/h3-7,13H,2,8-11H2,1H3,(H,16,19)/t13-/m1/s1. The van der Waals surface area contributed by atoms with Gasteiger partial charge in [0, 0.05) is 26.1 Å². The van der Waals surface area contributed by atoms with Crippen molar-refractivity contribution in [2.45, 2.75) is 26.3 Å². The number of hydrogen-bond acceptors (Lipinski definition) is 2. The van der Waals surface area contributed by atoms with E-state index in [9.17, 15) is 9.59 Å². The predicted molar refractivity (Wildman–Crippen MR) is 73.3 cm³/mol. The van der Waals surface area contributed by atoms with Gasteiger partial charge in [0.25, 0.3) is 0 Å². The lowest BCUT2D eigenvalue weighted by atomic mass is 10.1. The minimum absolute atomic E-state index is 0.00533. The summed E-state index contributed by atoms with van der Waals surface area (Å²) in [6.07, 6.45) is 1.25. The fraction of sp³-hybridized carbons (Fsp3) is 0.467. The van der Waals surface area contributed by atoms with E-state index in [1.54, 1.807) is 4.90 Å². The van der Waals surface area contributed by atoms with E-state index < -0.39 is 0 Å². The molecule has 19 heavy (non-hydrogen) atoms. The first-order valence-electron chi connectivity index (χ1n) is 6.80. The molecule has 0 spiro atoms. The van der Waals surface area contributed by atoms with Crippen LogP contribution in [-0.2, 0) is 16.1 Å². The maximum absolute atomic E-state index is 11.9. The van der Waals surface area contributed by atoms with Gasteiger partial charge in [-0.2, -0.15) is 0 Å². The SMILES string of the molecule is CCCNC(=O)[C@@H]1CC(=O)N(Cc2ccccc2)C1. The number of amides is 2. The largest absolute Gasteiger partial charge is 0.356 e. The molecular weight excluding hydrogens is 240 g/mol. The molecule has 1 N–H and O–H groups in total. The molecule has 4 nitrogen and oxygen atoms in total. The molecule has 1 saturated heterocycles. The van der Waals surface area contributed by atoms with Crippen molar-refractivity contribution >= 4 is 11.8 Å². The predicted octanol–water partition coefficient (Wildman–Crippen LogP) is 1.56. The molecule has 0 aromatic heterocycles. The summed E-state index contributed by atoms with van der Waals surface area (Å²) in [5.41, 5.74) is 1.10. The van der Waals surface area contributed by atoms with Gasteiger partial charge in [-0.15, -0.1) is 0 Å². The van der Waals surface area contributed by atoms with Crippen molar-refractivity contribution in [2.24, 2.45) is 5.92 Å². The van der Waals surface area contributed by atoms with Crippen LogP contribution >= 0.6 is 0 Å². The van der Waals surface area contributed by atoms with Crippen molar-refractivity contribution in [3.8, 4) is 0 Å². The quantitative estimate of drug-likeness (QED) is 0.873. The molecule has 1 aromatic carbocycles. The Balaban J connectivity index is 1.91. The van der Waals surface area contributed by atoms with Crippen LogP contribution in [-0.4, -0.2) is 29.8 Å². The Morgan fingerprint density at radius 2 is 2.11 bits per heavy atom. The number of nitrogens with one attached hydrogen (secondary N) is 1. The van der Waals surface area contributed by atoms with Gasteiger partial charge in [-0.25, -0.2) is 0 Å². The fourth-order valence-corrected chi connectivity index (χ4v) is 2.30. The minimum Gasteiger partial charge on any atom is -0.356 e. The normalized spacial score (nSPS) is 18.7. The van der Waals surface area contributed by atoms with E-state index in [1.807, 2.05) is 37.3 Å². The topological polar surface area (TPSA) is 49.4 Å². The molecule has 102 valence electrons. The van der Waals surface area contributed by atoms with E-state index in [1.165, 1.54) is 0 Å². The Morgan fingerprint density at radius 1 is 1.37 bits per heavy atom. The fourth-order valence-electron chi connectivity index (χ4n) is 2.30. The van der Waals surface area contributed by atoms with Crippen LogP contribution < -0.4 is 5.32 Å². The van der Waals surface area contributed by atoms with E-state index >= 15 is 0 Å². The molecule has 1 fully saturated rings. The monoisotopic (exact) mass is 260 g/mol. The van der Waals surface area contributed by atoms with Crippen LogP contribution in [0, 0.1) is 5.92 Å². The van der Waals surface area contributed by atoms with E-state index in [0.29, 0.717) is 26.1 Å². The minimum atomic E-state index is -0.192. The maximum Gasteiger partial charge on any atom is 0.225 e. The van der Waals surface area contributed by atoms with Gasteiger partial charge in [-0.1, -0.05) is 37.3 Å². The summed E-state index contributed by atoms with van der Waals surface area (Å²) < 4.78 is 0. The number of benzene rings is 1. The average molecular weight is 260 g/mol. The highest BCUT2D eigenvalue weighted by Gasteiger charge is 2.33. The second-order valence-corrected chi connectivity index (χ2v) is 4.95. The van der Waals surface area contributed by atoms with Gasteiger partial charge in [0.15, 0.2) is 0 Å². The van der Waals surface area contributed by atoms with Crippen LogP contribution in [0.4, 0.5) is 0 Å². The van der Waals surface area contributed by atoms with Crippen LogP contribution in [0.5, 0.6) is 0 Å². The van der Waals surface area contributed by atoms with Gasteiger partial charge < -0.3 is 10.2 Å². The zero-order valence-corrected chi connectivity index (χ0v) is 11.3. The van der Waals surface area contributed by atoms with E-state index in [0.717, 1.165) is 12.0 Å². The molecular formula is C15H20N2O2. The van der Waals surface area contributed by atoms with E-state index in [4.69, 9.17) is 0 Å². The molecule has 1 aromatic rings. The molecule has 0 saturated carbocycles. The smallest absolute Gasteiger partial charge is 0.225 e. The second-order valence-electron chi connectivity index (χ2n) is 4.95. The molecule has 2 rings (SSSR count). The molecule has 0 bridgehead atoms. The van der Waals surface area contributed by atoms with Crippen molar-refractivity contribution in [1.29, 1.82) is 0 Å². The summed E-state index contributed by atoms with van der Waals surface area (Å²) in [5.74, 6) is -0.117. The lowest BCUT2D eigenvalue weighted by Crippen LogP contribution is -2.33. The van der Waals surface area contributed by atoms with Gasteiger partial charge in [-0.05, 0) is 12.0 Å². The summed E-state index contributed by atoms with van der Waals surface area (Å²) in [5, 5.41) is 2.86. The molecule has 1 atom stereocenters. The first-order valence-corrected chi connectivity index (χ1v) is 6.80. The number of likely N-dealkylation sites (tertiary alicyclic amines) is 1. The van der Waals surface area contributed by atoms with E-state index in [-0.39, 0.29) is 17.7 Å². The molecule has 0 radical (unpaired) electrons. The van der Waals surface area contributed by atoms with Crippen molar-refractivity contribution in [3.05, 3.63) is 35.9 Å². The summed E-state index contributed by atoms with van der Waals surface area (Å²) >= 11 is 0. The Labute approximate surface area is 113 Å². The van der Waals surface area contributed by atoms with Gasteiger partial charge in [0.1, 0.15) is 0 Å². The summed E-state index contributed by atoms with van der Waals surface area (Å²) in [6.45, 7) is 3.82. The maximum atomic E-state index is 11.9. The highest BCUT2D eigenvalue weighted by atomic mass is 16.2. The molecule has 0 unspecified atom stereocenters. The third-order valence-corrected chi connectivity index (χ3v) is 3.35. The lowest BCUT2D eigenvalue weighted by Gasteiger charge is -2.16. The Kier molecular flexibility index (Phi) is 4.55. The van der Waals surface area contributed by atoms with Crippen molar-refractivity contribution < 1.29 is 9.59 Å². The third kappa shape index (κ3) is 3.56. The number of hydrogen-bond donors (Lipinski definition) is 1. The number of carbonyl (C=O) groups is 2. The summed E-state index contributed by atoms with van der Waals surface area (Å²) in [6, 6.07) is 9.87. The summed E-state index contributed by atoms with van der Waals surface area (Å²) in [7, 11) is 0. The second kappa shape index (κ2) is 6.36. The molecule has 1 heterocycles. The van der Waals surface area contributed by atoms with Gasteiger partial charge in [0.05, 0.1) is 5.92 Å². The van der Waals surface area contributed by atoms with Crippen LogP contribution in [0.2, 0.25) is 0 Å². The van der Waals surface area contributed by atoms with Crippen molar-refractivity contribution in [1.82, 2.24) is 10.2 Å². The van der Waals surface area contributed by atoms with Gasteiger partial charge in [0.2, 0.25) is 11.8 Å². The third-order valence-electron chi connectivity index (χ3n) is 3.35. The van der Waals surface area contributed by atoms with Gasteiger partial charge in [-0.3, -0.25) is 9.59 Å². The summed E-state index contributed by atoms with van der Waals surface area (Å²) in [4.78, 5) is 25.5. The Hall–Kier alpha value is -1.84. The lowest BCUT2D eigenvalue weighted by molar-refractivity contribution is -0.129. The van der Waals surface area contributed by atoms with Crippen LogP contribution in [0.25, 0.3) is 0 Å². The molecule has 0 aliphatic carbocycles. The van der Waals surface area contributed by atoms with Gasteiger partial charge >= 0.3 is 0 Å².